The highest BCUT2D eigenvalue weighted by Gasteiger charge is 2.26. The van der Waals surface area contributed by atoms with Gasteiger partial charge in [-0.15, -0.1) is 0 Å². The fourth-order valence-electron chi connectivity index (χ4n) is 4.47. The highest BCUT2D eigenvalue weighted by molar-refractivity contribution is 5.95. The van der Waals surface area contributed by atoms with Crippen LogP contribution in [0, 0.1) is 5.82 Å². The van der Waals surface area contributed by atoms with Gasteiger partial charge in [0.1, 0.15) is 17.1 Å². The first kappa shape index (κ1) is 21.6. The lowest BCUT2D eigenvalue weighted by Crippen LogP contribution is -2.47. The molecule has 0 atom stereocenters. The number of carboxylic acids is 1. The van der Waals surface area contributed by atoms with Gasteiger partial charge in [-0.25, -0.2) is 9.18 Å². The van der Waals surface area contributed by atoms with Crippen LogP contribution in [0.25, 0.3) is 10.9 Å². The van der Waals surface area contributed by atoms with E-state index in [-0.39, 0.29) is 11.9 Å². The fourth-order valence-corrected chi connectivity index (χ4v) is 4.47. The number of ether oxygens (including phenoxy) is 1. The van der Waals surface area contributed by atoms with E-state index in [0.717, 1.165) is 17.5 Å². The van der Waals surface area contributed by atoms with Gasteiger partial charge in [-0.3, -0.25) is 4.79 Å². The summed E-state index contributed by atoms with van der Waals surface area (Å²) in [6.45, 7) is 2.41. The molecule has 3 N–H and O–H groups in total. The number of aromatic carboxylic acids is 1. The first-order valence-corrected chi connectivity index (χ1v) is 10.3. The van der Waals surface area contributed by atoms with Crippen molar-refractivity contribution in [2.75, 3.05) is 43.1 Å². The summed E-state index contributed by atoms with van der Waals surface area (Å²) < 4.78 is 22.3. The molecular formula is C23H25FN4O4. The highest BCUT2D eigenvalue weighted by atomic mass is 19.1. The largest absolute Gasteiger partial charge is 0.495 e. The molecular weight excluding hydrogens is 415 g/mol. The predicted octanol–water partition coefficient (Wildman–Crippen LogP) is 2.17. The molecule has 32 heavy (non-hydrogen) atoms. The van der Waals surface area contributed by atoms with Gasteiger partial charge < -0.3 is 29.9 Å². The number of pyridine rings is 1. The predicted molar refractivity (Wildman–Crippen MR) is 121 cm³/mol. The van der Waals surface area contributed by atoms with Crippen LogP contribution in [0.2, 0.25) is 0 Å². The molecule has 3 aromatic rings. The SMILES string of the molecule is COc1ccccc1N1CCN(c2c(F)cc3c(=O)c(C(=O)O)cn(C)c3c2CN)CC1. The number of para-hydroxylation sites is 2. The summed E-state index contributed by atoms with van der Waals surface area (Å²) in [5, 5.41) is 9.32. The molecule has 1 fully saturated rings. The molecule has 0 aliphatic carbocycles. The van der Waals surface area contributed by atoms with Crippen molar-refractivity contribution >= 4 is 28.2 Å². The number of rotatable bonds is 5. The molecule has 168 valence electrons. The minimum Gasteiger partial charge on any atom is -0.495 e. The molecule has 9 heteroatoms. The Kier molecular flexibility index (Phi) is 5.75. The number of aromatic nitrogens is 1. The molecule has 0 amide bonds. The Morgan fingerprint density at radius 3 is 2.47 bits per heavy atom. The van der Waals surface area contributed by atoms with E-state index in [4.69, 9.17) is 10.5 Å². The van der Waals surface area contributed by atoms with Gasteiger partial charge in [-0.1, -0.05) is 12.1 Å². The Morgan fingerprint density at radius 1 is 1.19 bits per heavy atom. The van der Waals surface area contributed by atoms with Crippen molar-refractivity contribution in [3.63, 3.8) is 0 Å². The van der Waals surface area contributed by atoms with E-state index in [0.29, 0.717) is 42.9 Å². The van der Waals surface area contributed by atoms with Gasteiger partial charge in [0.2, 0.25) is 5.43 Å². The first-order valence-electron chi connectivity index (χ1n) is 10.3. The highest BCUT2D eigenvalue weighted by Crippen LogP contribution is 2.33. The molecule has 0 radical (unpaired) electrons. The summed E-state index contributed by atoms with van der Waals surface area (Å²) in [4.78, 5) is 28.2. The van der Waals surface area contributed by atoms with Crippen LogP contribution in [0.15, 0.2) is 41.3 Å². The third-order valence-corrected chi connectivity index (χ3v) is 5.95. The van der Waals surface area contributed by atoms with Crippen molar-refractivity contribution in [3.8, 4) is 5.75 Å². The molecule has 2 heterocycles. The van der Waals surface area contributed by atoms with Gasteiger partial charge in [0, 0.05) is 56.9 Å². The standard InChI is InChI=1S/C23H25FN4O4/c1-26-13-16(23(30)31)22(29)14-11-17(24)21(15(12-25)20(14)26)28-9-7-27(8-10-28)18-5-3-4-6-19(18)32-2/h3-6,11,13H,7-10,12,25H2,1-2H3,(H,30,31). The van der Waals surface area contributed by atoms with Crippen molar-refractivity contribution in [2.45, 2.75) is 6.54 Å². The number of aryl methyl sites for hydroxylation is 1. The number of halogens is 1. The lowest BCUT2D eigenvalue weighted by atomic mass is 10.0. The van der Waals surface area contributed by atoms with Crippen molar-refractivity contribution < 1.29 is 19.0 Å². The van der Waals surface area contributed by atoms with Gasteiger partial charge in [0.05, 0.1) is 24.0 Å². The van der Waals surface area contributed by atoms with Crippen LogP contribution in [0.1, 0.15) is 15.9 Å². The second-order valence-corrected chi connectivity index (χ2v) is 7.72. The summed E-state index contributed by atoms with van der Waals surface area (Å²) in [5.74, 6) is -1.15. The molecule has 1 aromatic heterocycles. The minimum atomic E-state index is -1.35. The van der Waals surface area contributed by atoms with Crippen LogP contribution in [-0.4, -0.2) is 48.9 Å². The van der Waals surface area contributed by atoms with Gasteiger partial charge in [-0.2, -0.15) is 0 Å². The Balaban J connectivity index is 1.73. The molecule has 2 aromatic carbocycles. The Hall–Kier alpha value is -3.59. The van der Waals surface area contributed by atoms with Crippen molar-refractivity contribution in [2.24, 2.45) is 12.8 Å². The molecule has 0 bridgehead atoms. The number of carbonyl (C=O) groups is 1. The number of carboxylic acid groups (broad SMARTS) is 1. The Labute approximate surface area is 184 Å². The number of nitrogens with zero attached hydrogens (tertiary/aromatic N) is 3. The zero-order valence-corrected chi connectivity index (χ0v) is 18.0. The molecule has 8 nitrogen and oxygen atoms in total. The molecule has 1 aliphatic heterocycles. The zero-order chi connectivity index (χ0) is 23.0. The van der Waals surface area contributed by atoms with Gasteiger partial charge in [-0.05, 0) is 18.2 Å². The maximum Gasteiger partial charge on any atom is 0.341 e. The quantitative estimate of drug-likeness (QED) is 0.627. The van der Waals surface area contributed by atoms with Crippen LogP contribution in [0.5, 0.6) is 5.75 Å². The van der Waals surface area contributed by atoms with E-state index >= 15 is 4.39 Å². The number of benzene rings is 2. The summed E-state index contributed by atoms with van der Waals surface area (Å²) in [5.41, 5.74) is 7.18. The Bertz CT molecular complexity index is 1250. The smallest absolute Gasteiger partial charge is 0.341 e. The van der Waals surface area contributed by atoms with Crippen LogP contribution >= 0.6 is 0 Å². The van der Waals surface area contributed by atoms with Crippen LogP contribution in [-0.2, 0) is 13.6 Å². The number of piperazine rings is 1. The number of nitrogens with two attached hydrogens (primary N) is 1. The number of anilines is 2. The van der Waals surface area contributed by atoms with Gasteiger partial charge in [0.25, 0.3) is 0 Å². The number of hydrogen-bond donors (Lipinski definition) is 2. The lowest BCUT2D eigenvalue weighted by molar-refractivity contribution is 0.0695. The monoisotopic (exact) mass is 440 g/mol. The molecule has 4 rings (SSSR count). The van der Waals surface area contributed by atoms with E-state index in [9.17, 15) is 14.7 Å². The summed E-state index contributed by atoms with van der Waals surface area (Å²) in [6, 6.07) is 8.89. The number of hydrogen-bond acceptors (Lipinski definition) is 6. The molecule has 1 saturated heterocycles. The normalized spacial score (nSPS) is 14.1. The molecule has 0 saturated carbocycles. The Morgan fingerprint density at radius 2 is 1.84 bits per heavy atom. The van der Waals surface area contributed by atoms with E-state index in [1.165, 1.54) is 10.8 Å². The average molecular weight is 440 g/mol. The van der Waals surface area contributed by atoms with Crippen molar-refractivity contribution in [1.29, 1.82) is 0 Å². The van der Waals surface area contributed by atoms with Gasteiger partial charge in [0.15, 0.2) is 0 Å². The second kappa shape index (κ2) is 8.51. The average Bonchev–Trinajstić information content (AvgIpc) is 2.80. The second-order valence-electron chi connectivity index (χ2n) is 7.72. The van der Waals surface area contributed by atoms with Gasteiger partial charge >= 0.3 is 5.97 Å². The fraction of sp³-hybridized carbons (Fsp3) is 0.304. The summed E-state index contributed by atoms with van der Waals surface area (Å²) in [7, 11) is 3.27. The van der Waals surface area contributed by atoms with Crippen molar-refractivity contribution in [1.82, 2.24) is 4.57 Å². The third kappa shape index (κ3) is 3.54. The maximum atomic E-state index is 15.3. The number of methoxy groups -OCH3 is 1. The molecule has 1 aliphatic rings. The third-order valence-electron chi connectivity index (χ3n) is 5.95. The maximum absolute atomic E-state index is 15.3. The zero-order valence-electron chi connectivity index (χ0n) is 18.0. The minimum absolute atomic E-state index is 0.00993. The molecule has 0 spiro atoms. The van der Waals surface area contributed by atoms with E-state index in [1.54, 1.807) is 14.2 Å². The van der Waals surface area contributed by atoms with E-state index in [1.807, 2.05) is 29.2 Å². The topological polar surface area (TPSA) is 101 Å². The lowest BCUT2D eigenvalue weighted by Gasteiger charge is -2.38. The van der Waals surface area contributed by atoms with Crippen LogP contribution < -0.4 is 25.7 Å². The summed E-state index contributed by atoms with van der Waals surface area (Å²) in [6.07, 6.45) is 1.26. The van der Waals surface area contributed by atoms with Crippen molar-refractivity contribution in [3.05, 3.63) is 63.7 Å². The van der Waals surface area contributed by atoms with Crippen LogP contribution in [0.4, 0.5) is 15.8 Å². The first-order chi connectivity index (χ1) is 15.4. The van der Waals surface area contributed by atoms with E-state index in [2.05, 4.69) is 4.90 Å². The molecule has 0 unspecified atom stereocenters. The van der Waals surface area contributed by atoms with Crippen LogP contribution in [0.3, 0.4) is 0 Å². The summed E-state index contributed by atoms with van der Waals surface area (Å²) >= 11 is 0. The number of fused-ring (bicyclic) bond motifs is 1. The van der Waals surface area contributed by atoms with E-state index < -0.39 is 22.8 Å².